The molecule has 0 bridgehead atoms. The molecule has 0 radical (unpaired) electrons. The molecule has 1 amide bonds. The average Bonchev–Trinajstić information content (AvgIpc) is 2.98. The maximum Gasteiger partial charge on any atom is 0.356 e. The van der Waals surface area contributed by atoms with Crippen LogP contribution in [0.4, 0.5) is 4.39 Å². The lowest BCUT2D eigenvalue weighted by Gasteiger charge is -2.06. The first-order valence-electron chi connectivity index (χ1n) is 7.99. The van der Waals surface area contributed by atoms with Gasteiger partial charge in [0.05, 0.1) is 5.02 Å². The van der Waals surface area contributed by atoms with Crippen LogP contribution < -0.4 is 5.32 Å². The van der Waals surface area contributed by atoms with E-state index in [2.05, 4.69) is 10.3 Å². The molecule has 0 spiro atoms. The SMILES string of the molecule is O=C(COC(=O)c1[nH]c2ccccc2c1Cl)NCCc1ccc(F)cc1. The first kappa shape index (κ1) is 17.9. The topological polar surface area (TPSA) is 71.2 Å². The van der Waals surface area contributed by atoms with Gasteiger partial charge >= 0.3 is 5.97 Å². The minimum Gasteiger partial charge on any atom is -0.451 e. The van der Waals surface area contributed by atoms with Crippen LogP contribution >= 0.6 is 11.6 Å². The van der Waals surface area contributed by atoms with Crippen molar-refractivity contribution in [2.45, 2.75) is 6.42 Å². The van der Waals surface area contributed by atoms with E-state index in [9.17, 15) is 14.0 Å². The van der Waals surface area contributed by atoms with E-state index in [1.54, 1.807) is 24.3 Å². The van der Waals surface area contributed by atoms with Gasteiger partial charge in [-0.2, -0.15) is 0 Å². The Morgan fingerprint density at radius 2 is 1.85 bits per heavy atom. The molecular weight excluding hydrogens is 359 g/mol. The molecule has 2 aromatic carbocycles. The highest BCUT2D eigenvalue weighted by molar-refractivity contribution is 6.38. The minimum absolute atomic E-state index is 0.118. The van der Waals surface area contributed by atoms with Gasteiger partial charge in [-0.3, -0.25) is 4.79 Å². The molecule has 0 aliphatic carbocycles. The first-order valence-corrected chi connectivity index (χ1v) is 8.37. The summed E-state index contributed by atoms with van der Waals surface area (Å²) in [4.78, 5) is 26.8. The van der Waals surface area contributed by atoms with Crippen molar-refractivity contribution in [2.75, 3.05) is 13.2 Å². The Labute approximate surface area is 154 Å². The van der Waals surface area contributed by atoms with Gasteiger partial charge in [-0.25, -0.2) is 9.18 Å². The van der Waals surface area contributed by atoms with Crippen LogP contribution in [0.3, 0.4) is 0 Å². The highest BCUT2D eigenvalue weighted by atomic mass is 35.5. The molecule has 0 saturated carbocycles. The molecule has 26 heavy (non-hydrogen) atoms. The van der Waals surface area contributed by atoms with Crippen molar-refractivity contribution in [2.24, 2.45) is 0 Å². The number of aromatic amines is 1. The molecule has 3 rings (SSSR count). The number of hydrogen-bond acceptors (Lipinski definition) is 3. The highest BCUT2D eigenvalue weighted by Gasteiger charge is 2.18. The predicted molar refractivity (Wildman–Crippen MR) is 96.7 cm³/mol. The summed E-state index contributed by atoms with van der Waals surface area (Å²) in [6.45, 7) is -0.0525. The van der Waals surface area contributed by atoms with Gasteiger partial charge in [0.2, 0.25) is 0 Å². The predicted octanol–water partition coefficient (Wildman–Crippen LogP) is 3.48. The molecule has 3 aromatic rings. The molecule has 1 aromatic heterocycles. The van der Waals surface area contributed by atoms with Crippen LogP contribution in [0, 0.1) is 5.82 Å². The van der Waals surface area contributed by atoms with Crippen molar-refractivity contribution >= 4 is 34.4 Å². The number of fused-ring (bicyclic) bond motifs is 1. The van der Waals surface area contributed by atoms with Gasteiger partial charge in [0.15, 0.2) is 6.61 Å². The van der Waals surface area contributed by atoms with E-state index in [1.165, 1.54) is 12.1 Å². The summed E-state index contributed by atoms with van der Waals surface area (Å²) in [7, 11) is 0. The number of rotatable bonds is 6. The number of carbonyl (C=O) groups is 2. The molecule has 0 saturated heterocycles. The fraction of sp³-hybridized carbons (Fsp3) is 0.158. The Morgan fingerprint density at radius 1 is 1.12 bits per heavy atom. The Morgan fingerprint density at radius 3 is 2.58 bits per heavy atom. The quantitative estimate of drug-likeness (QED) is 0.649. The fourth-order valence-electron chi connectivity index (χ4n) is 2.50. The summed E-state index contributed by atoms with van der Waals surface area (Å²) < 4.78 is 17.8. The van der Waals surface area contributed by atoms with E-state index in [0.29, 0.717) is 23.9 Å². The average molecular weight is 375 g/mol. The van der Waals surface area contributed by atoms with Crippen molar-refractivity contribution in [3.63, 3.8) is 0 Å². The summed E-state index contributed by atoms with van der Waals surface area (Å²) in [5, 5.41) is 3.62. The van der Waals surface area contributed by atoms with E-state index in [1.807, 2.05) is 12.1 Å². The molecule has 1 heterocycles. The van der Waals surface area contributed by atoms with Crippen molar-refractivity contribution in [3.05, 3.63) is 70.6 Å². The highest BCUT2D eigenvalue weighted by Crippen LogP contribution is 2.27. The molecule has 134 valence electrons. The van der Waals surface area contributed by atoms with Gasteiger partial charge in [-0.05, 0) is 30.2 Å². The van der Waals surface area contributed by atoms with Gasteiger partial charge in [0, 0.05) is 17.4 Å². The van der Waals surface area contributed by atoms with Crippen molar-refractivity contribution in [3.8, 4) is 0 Å². The molecule has 0 aliphatic heterocycles. The normalized spacial score (nSPS) is 10.7. The van der Waals surface area contributed by atoms with Crippen LogP contribution in [-0.2, 0) is 16.0 Å². The maximum absolute atomic E-state index is 12.8. The summed E-state index contributed by atoms with van der Waals surface area (Å²) in [6.07, 6.45) is 0.549. The van der Waals surface area contributed by atoms with Crippen LogP contribution in [0.5, 0.6) is 0 Å². The number of H-pyrrole nitrogens is 1. The number of nitrogens with one attached hydrogen (secondary N) is 2. The number of hydrogen-bond donors (Lipinski definition) is 2. The van der Waals surface area contributed by atoms with E-state index in [4.69, 9.17) is 16.3 Å². The van der Waals surface area contributed by atoms with Gasteiger partial charge in [0.25, 0.3) is 5.91 Å². The third-order valence-corrected chi connectivity index (χ3v) is 4.22. The second-order valence-electron chi connectivity index (χ2n) is 5.66. The molecule has 7 heteroatoms. The van der Waals surface area contributed by atoms with Crippen LogP contribution in [-0.4, -0.2) is 30.0 Å². The number of esters is 1. The minimum atomic E-state index is -0.695. The molecule has 0 aliphatic rings. The second kappa shape index (κ2) is 8.01. The Kier molecular flexibility index (Phi) is 5.53. The van der Waals surface area contributed by atoms with Crippen LogP contribution in [0.15, 0.2) is 48.5 Å². The summed E-state index contributed by atoms with van der Waals surface area (Å²) in [6, 6.07) is 13.2. The summed E-state index contributed by atoms with van der Waals surface area (Å²) in [5.74, 6) is -1.42. The molecular formula is C19H16ClFN2O3. The number of aromatic nitrogens is 1. The molecule has 0 unspecified atom stereocenters. The van der Waals surface area contributed by atoms with Crippen LogP contribution in [0.2, 0.25) is 5.02 Å². The molecule has 0 fully saturated rings. The lowest BCUT2D eigenvalue weighted by atomic mass is 10.1. The third-order valence-electron chi connectivity index (χ3n) is 3.83. The monoisotopic (exact) mass is 374 g/mol. The zero-order valence-corrected chi connectivity index (χ0v) is 14.5. The van der Waals surface area contributed by atoms with E-state index >= 15 is 0 Å². The zero-order chi connectivity index (χ0) is 18.5. The molecule has 0 atom stereocenters. The van der Waals surface area contributed by atoms with Gasteiger partial charge in [-0.1, -0.05) is 41.9 Å². The number of para-hydroxylation sites is 1. The molecule has 2 N–H and O–H groups in total. The smallest absolute Gasteiger partial charge is 0.356 e. The third kappa shape index (κ3) is 4.21. The van der Waals surface area contributed by atoms with E-state index < -0.39 is 18.5 Å². The van der Waals surface area contributed by atoms with Crippen LogP contribution in [0.1, 0.15) is 16.1 Å². The largest absolute Gasteiger partial charge is 0.451 e. The van der Waals surface area contributed by atoms with Gasteiger partial charge in [0.1, 0.15) is 11.5 Å². The maximum atomic E-state index is 12.8. The Bertz CT molecular complexity index is 938. The first-order chi connectivity index (χ1) is 12.5. The standard InChI is InChI=1S/C19H16ClFN2O3/c20-17-14-3-1-2-4-15(14)23-18(17)19(25)26-11-16(24)22-10-9-12-5-7-13(21)8-6-12/h1-8,23H,9-11H2,(H,22,24). The zero-order valence-electron chi connectivity index (χ0n) is 13.7. The van der Waals surface area contributed by atoms with Crippen molar-refractivity contribution < 1.29 is 18.7 Å². The van der Waals surface area contributed by atoms with E-state index in [0.717, 1.165) is 5.56 Å². The number of halogens is 2. The summed E-state index contributed by atoms with van der Waals surface area (Å²) in [5.41, 5.74) is 1.73. The lowest BCUT2D eigenvalue weighted by Crippen LogP contribution is -2.30. The van der Waals surface area contributed by atoms with E-state index in [-0.39, 0.29) is 16.5 Å². The van der Waals surface area contributed by atoms with Gasteiger partial charge < -0.3 is 15.0 Å². The number of amides is 1. The van der Waals surface area contributed by atoms with Gasteiger partial charge in [-0.15, -0.1) is 0 Å². The number of carbonyl (C=O) groups excluding carboxylic acids is 2. The second-order valence-corrected chi connectivity index (χ2v) is 6.04. The Hall–Kier alpha value is -2.86. The summed E-state index contributed by atoms with van der Waals surface area (Å²) >= 11 is 6.17. The Balaban J connectivity index is 1.48. The van der Waals surface area contributed by atoms with Crippen molar-refractivity contribution in [1.82, 2.24) is 10.3 Å². The fourth-order valence-corrected chi connectivity index (χ4v) is 2.79. The van der Waals surface area contributed by atoms with Crippen molar-refractivity contribution in [1.29, 1.82) is 0 Å². The van der Waals surface area contributed by atoms with Crippen LogP contribution in [0.25, 0.3) is 10.9 Å². The molecule has 5 nitrogen and oxygen atoms in total. The lowest BCUT2D eigenvalue weighted by molar-refractivity contribution is -0.124. The number of benzene rings is 2. The number of ether oxygens (including phenoxy) is 1.